The van der Waals surface area contributed by atoms with Gasteiger partial charge in [0.2, 0.25) is 0 Å². The van der Waals surface area contributed by atoms with Gasteiger partial charge in [-0.3, -0.25) is 0 Å². The third-order valence-electron chi connectivity index (χ3n) is 24.6. The van der Waals surface area contributed by atoms with E-state index < -0.39 is 0 Å². The van der Waals surface area contributed by atoms with Crippen LogP contribution in [0.5, 0.6) is 17.2 Å². The molecule has 0 bridgehead atoms. The number of nitrogens with zero attached hydrogens (tertiary/aromatic N) is 3. The van der Waals surface area contributed by atoms with Crippen molar-refractivity contribution >= 4 is 105 Å². The first-order chi connectivity index (χ1) is 50.6. The molecule has 0 aliphatic heterocycles. The van der Waals surface area contributed by atoms with Gasteiger partial charge in [0.15, 0.2) is 0 Å². The molecule has 0 N–H and O–H groups in total. The van der Waals surface area contributed by atoms with Gasteiger partial charge in [-0.2, -0.15) is 0 Å². The van der Waals surface area contributed by atoms with E-state index in [0.717, 1.165) is 51.2 Å². The molecule has 3 heterocycles. The average Bonchev–Trinajstić information content (AvgIpc) is 1.57. The molecule has 0 unspecified atom stereocenters. The van der Waals surface area contributed by atoms with Crippen LogP contribution in [-0.4, -0.2) is 69.0 Å². The summed E-state index contributed by atoms with van der Waals surface area (Å²) in [5.74, 6) is 3.34. The Bertz CT molecular complexity index is 4130. The molecule has 9 aromatic carbocycles. The van der Waals surface area contributed by atoms with Crippen LogP contribution in [0, 0.1) is 0 Å². The normalized spacial score (nSPS) is 17.5. The van der Waals surface area contributed by atoms with Gasteiger partial charge >= 0.3 is 61.3 Å². The maximum atomic E-state index is 6.17. The summed E-state index contributed by atoms with van der Waals surface area (Å²) in [6.07, 6.45) is 42.0. The van der Waals surface area contributed by atoms with Gasteiger partial charge in [-0.1, -0.05) is 267 Å². The van der Waals surface area contributed by atoms with Crippen molar-refractivity contribution in [2.75, 3.05) is 21.3 Å². The van der Waals surface area contributed by atoms with Gasteiger partial charge in [-0.25, -0.2) is 0 Å². The van der Waals surface area contributed by atoms with Crippen LogP contribution in [0.15, 0.2) is 200 Å². The molecule has 6 aliphatic rings. The molecule has 3 aromatic heterocycles. The molecule has 18 rings (SSSR count). The zero-order valence-corrected chi connectivity index (χ0v) is 70.6. The van der Waals surface area contributed by atoms with Gasteiger partial charge in [0, 0.05) is 48.2 Å². The number of para-hydroxylation sites is 6. The fourth-order valence-corrected chi connectivity index (χ4v) is 32.1. The Morgan fingerprint density at radius 1 is 0.226 bits per heavy atom. The van der Waals surface area contributed by atoms with Crippen molar-refractivity contribution < 1.29 is 87.9 Å². The number of ether oxygens (including phenoxy) is 3. The van der Waals surface area contributed by atoms with Crippen molar-refractivity contribution in [1.82, 2.24) is 13.7 Å². The van der Waals surface area contributed by atoms with Crippen LogP contribution in [0.1, 0.15) is 193 Å². The van der Waals surface area contributed by atoms with Gasteiger partial charge in [0.25, 0.3) is 0 Å². The molecule has 6 aliphatic carbocycles. The minimum atomic E-state index is -0.301. The largest absolute Gasteiger partial charge is 2.00 e. The molecule has 0 atom stereocenters. The zero-order chi connectivity index (χ0) is 68.7. The van der Waals surface area contributed by atoms with E-state index in [9.17, 15) is 0 Å². The van der Waals surface area contributed by atoms with Gasteiger partial charge in [0.1, 0.15) is 17.2 Å². The monoisotopic (exact) mass is 1760 g/mol. The molecule has 12 aromatic rings. The first-order valence-corrected chi connectivity index (χ1v) is 44.4. The Labute approximate surface area is 683 Å². The summed E-state index contributed by atoms with van der Waals surface area (Å²) in [7, 11) is 4.73. The second-order valence-electron chi connectivity index (χ2n) is 30.6. The fourth-order valence-electron chi connectivity index (χ4n) is 20.0. The summed E-state index contributed by atoms with van der Waals surface area (Å²) in [6.45, 7) is 0. The second kappa shape index (κ2) is 38.5. The molecular formula is C93H108ClN3O3P3Pd3+5. The van der Waals surface area contributed by atoms with Crippen molar-refractivity contribution in [2.45, 2.75) is 227 Å². The van der Waals surface area contributed by atoms with E-state index in [1.54, 1.807) is 0 Å². The first kappa shape index (κ1) is 80.9. The third-order valence-corrected chi connectivity index (χ3v) is 35.4. The van der Waals surface area contributed by atoms with E-state index in [0.29, 0.717) is 0 Å². The predicted molar refractivity (Wildman–Crippen MR) is 443 cm³/mol. The van der Waals surface area contributed by atoms with E-state index in [4.69, 9.17) is 14.2 Å². The predicted octanol–water partition coefficient (Wildman–Crippen LogP) is 22.7. The SMILES string of the molecule is COc1cccc(-n2c3ccccc3c3ccccc32)c1P(C1CCCCC1)C1CCCCC1.COc1cccc(-n2c3ccccc3c3ccccc32)c1P(C1CCCCC1)C1CCCCC1.COc1cccc(-n2c3ccccc3c3ccccc32)c1P(C1CCCCC1)C1CCCCC1.[Cl-].[Pd+2].[Pd+2].[Pd+2]. The van der Waals surface area contributed by atoms with Crippen LogP contribution in [0.4, 0.5) is 0 Å². The number of fused-ring (bicyclic) bond motifs is 9. The van der Waals surface area contributed by atoms with Crippen molar-refractivity contribution in [3.63, 3.8) is 0 Å². The molecule has 6 saturated carbocycles. The summed E-state index contributed by atoms with van der Waals surface area (Å²) in [4.78, 5) is 0. The minimum absolute atomic E-state index is 0. The molecule has 6 nitrogen and oxygen atoms in total. The van der Waals surface area contributed by atoms with E-state index in [-0.39, 0.29) is 97.4 Å². The average molecular weight is 1760 g/mol. The summed E-state index contributed by atoms with van der Waals surface area (Å²) in [6, 6.07) is 74.0. The molecule has 0 spiro atoms. The van der Waals surface area contributed by atoms with Crippen molar-refractivity contribution in [1.29, 1.82) is 0 Å². The van der Waals surface area contributed by atoms with Crippen molar-refractivity contribution in [2.24, 2.45) is 0 Å². The molecule has 6 fully saturated rings. The van der Waals surface area contributed by atoms with Gasteiger partial charge in [0.05, 0.1) is 71.5 Å². The van der Waals surface area contributed by atoms with Crippen LogP contribution < -0.4 is 42.5 Å². The molecule has 560 valence electrons. The topological polar surface area (TPSA) is 42.5 Å². The fraction of sp³-hybridized carbons (Fsp3) is 0.419. The first-order valence-electron chi connectivity index (χ1n) is 39.9. The molecule has 106 heavy (non-hydrogen) atoms. The van der Waals surface area contributed by atoms with Gasteiger partial charge in [-0.05, 0) is 184 Å². The second-order valence-corrected chi connectivity index (χ2v) is 38.7. The zero-order valence-electron chi connectivity index (χ0n) is 62.5. The number of hydrogen-bond donors (Lipinski definition) is 0. The third kappa shape index (κ3) is 16.5. The van der Waals surface area contributed by atoms with Crippen LogP contribution in [-0.2, 0) is 61.3 Å². The van der Waals surface area contributed by atoms with Crippen LogP contribution in [0.25, 0.3) is 82.5 Å². The molecule has 0 radical (unpaired) electrons. The Morgan fingerprint density at radius 2 is 0.396 bits per heavy atom. The van der Waals surface area contributed by atoms with Crippen molar-refractivity contribution in [3.05, 3.63) is 200 Å². The molecule has 0 amide bonds. The number of rotatable bonds is 15. The maximum Gasteiger partial charge on any atom is 2.00 e. The Balaban J connectivity index is 0.000000146. The van der Waals surface area contributed by atoms with Crippen LogP contribution in [0.3, 0.4) is 0 Å². The quantitative estimate of drug-likeness (QED) is 0.0759. The van der Waals surface area contributed by atoms with Crippen LogP contribution >= 0.6 is 23.8 Å². The molecular weight excluding hydrogens is 1650 g/mol. The Kier molecular flexibility index (Phi) is 29.4. The summed E-state index contributed by atoms with van der Waals surface area (Å²) < 4.78 is 26.2. The van der Waals surface area contributed by atoms with E-state index in [1.165, 1.54) is 291 Å². The number of benzene rings is 9. The molecule has 13 heteroatoms. The summed E-state index contributed by atoms with van der Waals surface area (Å²) in [5, 5.41) is 12.6. The number of halogens is 1. The maximum absolute atomic E-state index is 6.17. The van der Waals surface area contributed by atoms with E-state index in [1.807, 2.05) is 21.3 Å². The van der Waals surface area contributed by atoms with Gasteiger partial charge < -0.3 is 40.3 Å². The standard InChI is InChI=1S/3C31H36NOP.ClH.3Pd/c3*1-33-30-22-12-21-29(32-27-19-10-8-17-25(27)26-18-9-11-20-28(26)32)31(30)34(23-13-4-2-5-14-23)24-15-6-3-7-16-24;;;;/h3*8-12,17-24H,2-7,13-16H2,1H3;1H;;;/q;;;;3*+2/p-1. The van der Waals surface area contributed by atoms with E-state index >= 15 is 0 Å². The number of hydrogen-bond acceptors (Lipinski definition) is 3. The summed E-state index contributed by atoms with van der Waals surface area (Å²) in [5.41, 5.74) is 16.9. The smallest absolute Gasteiger partial charge is 1.00 e. The van der Waals surface area contributed by atoms with Gasteiger partial charge in [-0.15, -0.1) is 0 Å². The molecule has 0 saturated heterocycles. The van der Waals surface area contributed by atoms with E-state index in [2.05, 4.69) is 214 Å². The van der Waals surface area contributed by atoms with Crippen LogP contribution in [0.2, 0.25) is 0 Å². The summed E-state index contributed by atoms with van der Waals surface area (Å²) >= 11 is 0. The Hall–Kier alpha value is -4.65. The number of aromatic nitrogens is 3. The van der Waals surface area contributed by atoms with Crippen molar-refractivity contribution in [3.8, 4) is 34.3 Å². The minimum Gasteiger partial charge on any atom is -1.00 e. The number of methoxy groups -OCH3 is 3. The Morgan fingerprint density at radius 3 is 0.566 bits per heavy atom.